The maximum absolute atomic E-state index is 3.03. The fourth-order valence-electron chi connectivity index (χ4n) is 0.408. The van der Waals surface area contributed by atoms with Gasteiger partial charge in [0.2, 0.25) is 0 Å². The Balaban J connectivity index is 0. The molecule has 0 unspecified atom stereocenters. The minimum atomic E-state index is 0. The molecule has 8 heavy (non-hydrogen) atoms. The first kappa shape index (κ1) is 10.7. The van der Waals surface area contributed by atoms with Crippen molar-refractivity contribution in [2.24, 2.45) is 0 Å². The second-order valence-corrected chi connectivity index (χ2v) is 1.55. The lowest BCUT2D eigenvalue weighted by atomic mass is 10.4. The van der Waals surface area contributed by atoms with E-state index in [1.165, 1.54) is 5.70 Å². The molecule has 0 rings (SSSR count). The third kappa shape index (κ3) is 5.83. The Morgan fingerprint density at radius 3 is 2.25 bits per heavy atom. The second kappa shape index (κ2) is 6.83. The van der Waals surface area contributed by atoms with Gasteiger partial charge < -0.3 is 5.32 Å². The van der Waals surface area contributed by atoms with Crippen LogP contribution < -0.4 is 5.32 Å². The number of hydrogen-bond acceptors (Lipinski definition) is 1. The van der Waals surface area contributed by atoms with Crippen molar-refractivity contribution in [2.75, 3.05) is 7.05 Å². The van der Waals surface area contributed by atoms with Gasteiger partial charge in [-0.05, 0) is 13.3 Å². The maximum atomic E-state index is 3.03. The van der Waals surface area contributed by atoms with Gasteiger partial charge in [-0.2, -0.15) is 0 Å². The molecule has 0 aromatic carbocycles. The molecule has 0 radical (unpaired) electrons. The molecule has 0 aliphatic heterocycles. The van der Waals surface area contributed by atoms with Gasteiger partial charge in [-0.25, -0.2) is 0 Å². The Kier molecular flexibility index (Phi) is 9.17. The highest BCUT2D eigenvalue weighted by Gasteiger charge is 1.74. The molecule has 0 bridgehead atoms. The van der Waals surface area contributed by atoms with Gasteiger partial charge in [-0.15, -0.1) is 12.4 Å². The van der Waals surface area contributed by atoms with Gasteiger partial charge in [0.25, 0.3) is 0 Å². The van der Waals surface area contributed by atoms with Crippen LogP contribution in [0.25, 0.3) is 0 Å². The van der Waals surface area contributed by atoms with Crippen LogP contribution in [0, 0.1) is 0 Å². The standard InChI is InChI=1S/C6H13N.ClH/c1-4-5-6(2)7-3;/h5,7H,4H2,1-3H3;1H. The van der Waals surface area contributed by atoms with Crippen molar-refractivity contribution in [1.29, 1.82) is 0 Å². The van der Waals surface area contributed by atoms with Crippen LogP contribution in [0.15, 0.2) is 11.8 Å². The quantitative estimate of drug-likeness (QED) is 0.610. The highest BCUT2D eigenvalue weighted by atomic mass is 35.5. The van der Waals surface area contributed by atoms with E-state index in [0.29, 0.717) is 0 Å². The van der Waals surface area contributed by atoms with Crippen molar-refractivity contribution < 1.29 is 0 Å². The van der Waals surface area contributed by atoms with Crippen molar-refractivity contribution in [3.05, 3.63) is 11.8 Å². The molecule has 1 N–H and O–H groups in total. The number of nitrogens with one attached hydrogen (secondary N) is 1. The Hall–Kier alpha value is -0.170. The summed E-state index contributed by atoms with van der Waals surface area (Å²) in [5.74, 6) is 0. The summed E-state index contributed by atoms with van der Waals surface area (Å²) in [6, 6.07) is 0. The minimum Gasteiger partial charge on any atom is -0.392 e. The summed E-state index contributed by atoms with van der Waals surface area (Å²) >= 11 is 0. The van der Waals surface area contributed by atoms with Gasteiger partial charge in [-0.1, -0.05) is 13.0 Å². The van der Waals surface area contributed by atoms with Crippen molar-refractivity contribution in [1.82, 2.24) is 5.32 Å². The van der Waals surface area contributed by atoms with Crippen LogP contribution >= 0.6 is 12.4 Å². The molecule has 2 heteroatoms. The maximum Gasteiger partial charge on any atom is 0.00318 e. The SMILES string of the molecule is CCC=C(C)NC.Cl. The largest absolute Gasteiger partial charge is 0.392 e. The molecule has 0 aromatic rings. The minimum absolute atomic E-state index is 0. The summed E-state index contributed by atoms with van der Waals surface area (Å²) in [7, 11) is 1.93. The number of hydrogen-bond donors (Lipinski definition) is 1. The second-order valence-electron chi connectivity index (χ2n) is 1.55. The van der Waals surface area contributed by atoms with Crippen LogP contribution in [0.5, 0.6) is 0 Å². The van der Waals surface area contributed by atoms with E-state index in [1.54, 1.807) is 0 Å². The van der Waals surface area contributed by atoms with Crippen molar-refractivity contribution in [3.63, 3.8) is 0 Å². The van der Waals surface area contributed by atoms with Crippen LogP contribution in [-0.2, 0) is 0 Å². The lowest BCUT2D eigenvalue weighted by Crippen LogP contribution is -2.00. The average Bonchev–Trinajstić information content (AvgIpc) is 1.68. The van der Waals surface area contributed by atoms with E-state index in [-0.39, 0.29) is 12.4 Å². The molecule has 0 aliphatic carbocycles. The molecule has 50 valence electrons. The molecule has 0 heterocycles. The fraction of sp³-hybridized carbons (Fsp3) is 0.667. The first-order valence-electron chi connectivity index (χ1n) is 2.65. The summed E-state index contributed by atoms with van der Waals surface area (Å²) in [6.07, 6.45) is 3.27. The summed E-state index contributed by atoms with van der Waals surface area (Å²) in [6.45, 7) is 4.18. The van der Waals surface area contributed by atoms with Crippen molar-refractivity contribution >= 4 is 12.4 Å². The van der Waals surface area contributed by atoms with Gasteiger partial charge in [0.15, 0.2) is 0 Å². The first-order chi connectivity index (χ1) is 3.31. The topological polar surface area (TPSA) is 12.0 Å². The Bertz CT molecular complexity index is 68.9. The normalized spacial score (nSPS) is 10.1. The first-order valence-corrected chi connectivity index (χ1v) is 2.65. The zero-order valence-electron chi connectivity index (χ0n) is 5.69. The van der Waals surface area contributed by atoms with E-state index in [1.807, 2.05) is 7.05 Å². The van der Waals surface area contributed by atoms with E-state index in [4.69, 9.17) is 0 Å². The lowest BCUT2D eigenvalue weighted by molar-refractivity contribution is 0.967. The lowest BCUT2D eigenvalue weighted by Gasteiger charge is -1.93. The van der Waals surface area contributed by atoms with E-state index < -0.39 is 0 Å². The molecule has 0 spiro atoms. The molecule has 0 saturated carbocycles. The molecule has 0 atom stereocenters. The zero-order chi connectivity index (χ0) is 5.70. The molecule has 1 nitrogen and oxygen atoms in total. The van der Waals surface area contributed by atoms with Crippen molar-refractivity contribution in [2.45, 2.75) is 20.3 Å². The van der Waals surface area contributed by atoms with E-state index in [9.17, 15) is 0 Å². The van der Waals surface area contributed by atoms with Gasteiger partial charge in [0.05, 0.1) is 0 Å². The third-order valence-electron chi connectivity index (χ3n) is 0.905. The zero-order valence-corrected chi connectivity index (χ0v) is 6.51. The molecule has 0 amide bonds. The third-order valence-corrected chi connectivity index (χ3v) is 0.905. The molecular weight excluding hydrogens is 122 g/mol. The van der Waals surface area contributed by atoms with Crippen LogP contribution in [0.1, 0.15) is 20.3 Å². The molecule has 0 aliphatic rings. The Morgan fingerprint density at radius 2 is 2.12 bits per heavy atom. The number of allylic oxidation sites excluding steroid dienone is 2. The smallest absolute Gasteiger partial charge is 0.00318 e. The monoisotopic (exact) mass is 135 g/mol. The molecule has 0 saturated heterocycles. The average molecular weight is 136 g/mol. The highest BCUT2D eigenvalue weighted by Crippen LogP contribution is 1.85. The van der Waals surface area contributed by atoms with Crippen LogP contribution in [-0.4, -0.2) is 7.05 Å². The van der Waals surface area contributed by atoms with Crippen LogP contribution in [0.2, 0.25) is 0 Å². The van der Waals surface area contributed by atoms with Crippen LogP contribution in [0.3, 0.4) is 0 Å². The highest BCUT2D eigenvalue weighted by molar-refractivity contribution is 5.85. The van der Waals surface area contributed by atoms with Gasteiger partial charge in [0, 0.05) is 12.7 Å². The predicted molar refractivity (Wildman–Crippen MR) is 40.4 cm³/mol. The van der Waals surface area contributed by atoms with E-state index in [0.717, 1.165) is 6.42 Å². The van der Waals surface area contributed by atoms with Gasteiger partial charge in [0.1, 0.15) is 0 Å². The van der Waals surface area contributed by atoms with Crippen LogP contribution in [0.4, 0.5) is 0 Å². The molecular formula is C6H14ClN. The van der Waals surface area contributed by atoms with E-state index in [2.05, 4.69) is 25.2 Å². The number of rotatable bonds is 2. The number of halogens is 1. The fourth-order valence-corrected chi connectivity index (χ4v) is 0.408. The molecule has 0 fully saturated rings. The summed E-state index contributed by atoms with van der Waals surface area (Å²) < 4.78 is 0. The van der Waals surface area contributed by atoms with E-state index >= 15 is 0 Å². The van der Waals surface area contributed by atoms with Crippen molar-refractivity contribution in [3.8, 4) is 0 Å². The Labute approximate surface area is 57.6 Å². The Morgan fingerprint density at radius 1 is 1.62 bits per heavy atom. The molecule has 0 aromatic heterocycles. The summed E-state index contributed by atoms with van der Waals surface area (Å²) in [5.41, 5.74) is 1.25. The summed E-state index contributed by atoms with van der Waals surface area (Å²) in [5, 5.41) is 3.03. The predicted octanol–water partition coefficient (Wildman–Crippen LogP) is 1.94. The van der Waals surface area contributed by atoms with Gasteiger partial charge >= 0.3 is 0 Å². The summed E-state index contributed by atoms with van der Waals surface area (Å²) in [4.78, 5) is 0. The van der Waals surface area contributed by atoms with Gasteiger partial charge in [-0.3, -0.25) is 0 Å².